The zero-order valence-electron chi connectivity index (χ0n) is 16.5. The first-order chi connectivity index (χ1) is 15.1. The molecule has 1 heterocycles. The van der Waals surface area contributed by atoms with Gasteiger partial charge < -0.3 is 9.84 Å². The third-order valence-electron chi connectivity index (χ3n) is 4.58. The predicted molar refractivity (Wildman–Crippen MR) is 121 cm³/mol. The van der Waals surface area contributed by atoms with Gasteiger partial charge in [0.05, 0.1) is 18.5 Å². The number of rotatable bonds is 5. The second-order valence-corrected chi connectivity index (χ2v) is 6.84. The van der Waals surface area contributed by atoms with E-state index >= 15 is 0 Å². The van der Waals surface area contributed by atoms with E-state index in [0.717, 1.165) is 0 Å². The molecule has 7 nitrogen and oxygen atoms in total. The van der Waals surface area contributed by atoms with Gasteiger partial charge in [-0.05, 0) is 48.6 Å². The first kappa shape index (κ1) is 20.2. The lowest BCUT2D eigenvalue weighted by atomic mass is 10.3. The Morgan fingerprint density at radius 2 is 1.35 bits per heavy atom. The van der Waals surface area contributed by atoms with Gasteiger partial charge in [-0.2, -0.15) is 0 Å². The van der Waals surface area contributed by atoms with Crippen LogP contribution in [-0.4, -0.2) is 21.4 Å². The fourth-order valence-corrected chi connectivity index (χ4v) is 3.48. The summed E-state index contributed by atoms with van der Waals surface area (Å²) in [5, 5.41) is 19.2. The summed E-state index contributed by atoms with van der Waals surface area (Å²) in [6.07, 6.45) is 0. The lowest BCUT2D eigenvalue weighted by Crippen LogP contribution is -2.23. The number of aromatic hydroxyl groups is 1. The molecule has 0 saturated heterocycles. The van der Waals surface area contributed by atoms with Gasteiger partial charge in [-0.3, -0.25) is 13.9 Å². The van der Waals surface area contributed by atoms with E-state index in [-0.39, 0.29) is 10.5 Å². The molecule has 4 aromatic rings. The largest absolute Gasteiger partial charge is 0.494 e. The van der Waals surface area contributed by atoms with Crippen LogP contribution >= 0.6 is 12.2 Å². The molecule has 8 heteroatoms. The zero-order valence-corrected chi connectivity index (χ0v) is 17.4. The zero-order chi connectivity index (χ0) is 21.8. The maximum absolute atomic E-state index is 13.3. The molecule has 154 valence electrons. The van der Waals surface area contributed by atoms with Crippen molar-refractivity contribution in [2.45, 2.75) is 0 Å². The number of hydrogen-bond acceptors (Lipinski definition) is 6. The van der Waals surface area contributed by atoms with Gasteiger partial charge >= 0.3 is 0 Å². The number of nitrogens with zero attached hydrogens (tertiary/aromatic N) is 4. The molecule has 0 aliphatic rings. The normalized spacial score (nSPS) is 11.0. The molecule has 0 radical (unpaired) electrons. The molecule has 0 spiro atoms. The van der Waals surface area contributed by atoms with Crippen molar-refractivity contribution in [3.8, 4) is 23.0 Å². The van der Waals surface area contributed by atoms with Crippen molar-refractivity contribution < 1.29 is 9.84 Å². The van der Waals surface area contributed by atoms with E-state index in [1.807, 2.05) is 24.3 Å². The third kappa shape index (κ3) is 3.88. The SMILES string of the molecule is COc1ccccc1N=Nc1c(O)n(-c2ccccc2)c(=S)n(-c2ccccc2)c1=O. The highest BCUT2D eigenvalue weighted by Gasteiger charge is 2.19. The fraction of sp³-hybridized carbons (Fsp3) is 0.0435. The molecule has 3 aromatic carbocycles. The molecule has 1 N–H and O–H groups in total. The van der Waals surface area contributed by atoms with Crippen LogP contribution < -0.4 is 10.3 Å². The summed E-state index contributed by atoms with van der Waals surface area (Å²) in [5.41, 5.74) is 0.731. The molecule has 0 atom stereocenters. The lowest BCUT2D eigenvalue weighted by molar-refractivity contribution is 0.415. The maximum atomic E-state index is 13.3. The van der Waals surface area contributed by atoms with Crippen LogP contribution in [0.1, 0.15) is 0 Å². The molecule has 0 amide bonds. The molecular weight excluding hydrogens is 412 g/mol. The molecule has 0 bridgehead atoms. The summed E-state index contributed by atoms with van der Waals surface area (Å²) < 4.78 is 8.09. The molecular formula is C23H18N4O3S. The van der Waals surface area contributed by atoms with Crippen LogP contribution in [0.5, 0.6) is 11.6 Å². The van der Waals surface area contributed by atoms with E-state index in [1.165, 1.54) is 16.2 Å². The highest BCUT2D eigenvalue weighted by Crippen LogP contribution is 2.31. The van der Waals surface area contributed by atoms with E-state index in [1.54, 1.807) is 60.7 Å². The summed E-state index contributed by atoms with van der Waals surface area (Å²) in [6.45, 7) is 0. The second kappa shape index (κ2) is 8.76. The lowest BCUT2D eigenvalue weighted by Gasteiger charge is -2.15. The molecule has 0 fully saturated rings. The quantitative estimate of drug-likeness (QED) is 0.335. The van der Waals surface area contributed by atoms with Crippen molar-refractivity contribution in [1.29, 1.82) is 0 Å². The van der Waals surface area contributed by atoms with E-state index < -0.39 is 11.4 Å². The average molecular weight is 430 g/mol. The van der Waals surface area contributed by atoms with Gasteiger partial charge in [0.2, 0.25) is 11.6 Å². The predicted octanol–water partition coefficient (Wildman–Crippen LogP) is 5.49. The Morgan fingerprint density at radius 3 is 1.97 bits per heavy atom. The smallest absolute Gasteiger partial charge is 0.290 e. The van der Waals surface area contributed by atoms with Crippen LogP contribution in [0.25, 0.3) is 11.4 Å². The van der Waals surface area contributed by atoms with Crippen molar-refractivity contribution in [2.75, 3.05) is 7.11 Å². The molecule has 31 heavy (non-hydrogen) atoms. The maximum Gasteiger partial charge on any atom is 0.290 e. The van der Waals surface area contributed by atoms with Gasteiger partial charge in [0.15, 0.2) is 4.77 Å². The average Bonchev–Trinajstić information content (AvgIpc) is 2.80. The number of para-hydroxylation sites is 3. The molecule has 0 saturated carbocycles. The standard InChI is InChI=1S/C23H18N4O3S/c1-30-19-15-9-8-14-18(19)24-25-20-21(28)26(16-10-4-2-5-11-16)23(31)27(22(20)29)17-12-6-3-7-13-17/h2-15,28H,1H3. The number of aromatic nitrogens is 2. The van der Waals surface area contributed by atoms with Gasteiger partial charge in [-0.15, -0.1) is 10.2 Å². The number of hydrogen-bond donors (Lipinski definition) is 1. The van der Waals surface area contributed by atoms with E-state index in [2.05, 4.69) is 10.2 Å². The Balaban J connectivity index is 2.00. The van der Waals surface area contributed by atoms with Gasteiger partial charge in [-0.1, -0.05) is 48.5 Å². The summed E-state index contributed by atoms with van der Waals surface area (Å²) in [7, 11) is 1.52. The van der Waals surface area contributed by atoms with Crippen LogP contribution in [-0.2, 0) is 0 Å². The number of azo groups is 1. The van der Waals surface area contributed by atoms with Gasteiger partial charge in [-0.25, -0.2) is 0 Å². The van der Waals surface area contributed by atoms with E-state index in [4.69, 9.17) is 17.0 Å². The van der Waals surface area contributed by atoms with Gasteiger partial charge in [0.1, 0.15) is 11.4 Å². The monoisotopic (exact) mass is 430 g/mol. The van der Waals surface area contributed by atoms with Crippen LogP contribution in [0.2, 0.25) is 0 Å². The Bertz CT molecular complexity index is 1360. The first-order valence-corrected chi connectivity index (χ1v) is 9.79. The Morgan fingerprint density at radius 1 is 0.806 bits per heavy atom. The molecule has 1 aromatic heterocycles. The summed E-state index contributed by atoms with van der Waals surface area (Å²) in [4.78, 5) is 13.3. The van der Waals surface area contributed by atoms with Crippen LogP contribution in [0.15, 0.2) is 100.0 Å². The third-order valence-corrected chi connectivity index (χ3v) is 4.95. The number of benzene rings is 3. The molecule has 0 aliphatic carbocycles. The highest BCUT2D eigenvalue weighted by molar-refractivity contribution is 7.71. The Hall–Kier alpha value is -4.04. The van der Waals surface area contributed by atoms with Gasteiger partial charge in [0, 0.05) is 0 Å². The Labute approximate surface area is 183 Å². The topological polar surface area (TPSA) is 81.1 Å². The number of ether oxygens (including phenoxy) is 1. The van der Waals surface area contributed by atoms with Crippen LogP contribution in [0, 0.1) is 4.77 Å². The first-order valence-electron chi connectivity index (χ1n) is 9.38. The van der Waals surface area contributed by atoms with Crippen molar-refractivity contribution in [3.63, 3.8) is 0 Å². The number of methoxy groups -OCH3 is 1. The summed E-state index contributed by atoms with van der Waals surface area (Å²) >= 11 is 5.58. The van der Waals surface area contributed by atoms with E-state index in [0.29, 0.717) is 22.8 Å². The summed E-state index contributed by atoms with van der Waals surface area (Å²) in [6, 6.07) is 25.0. The minimum Gasteiger partial charge on any atom is -0.494 e. The van der Waals surface area contributed by atoms with Crippen LogP contribution in [0.3, 0.4) is 0 Å². The van der Waals surface area contributed by atoms with Crippen molar-refractivity contribution >= 4 is 23.6 Å². The fourth-order valence-electron chi connectivity index (χ4n) is 3.10. The minimum atomic E-state index is -0.584. The van der Waals surface area contributed by atoms with E-state index in [9.17, 15) is 9.90 Å². The molecule has 0 unspecified atom stereocenters. The molecule has 4 rings (SSSR count). The second-order valence-electron chi connectivity index (χ2n) is 6.47. The Kier molecular flexibility index (Phi) is 5.72. The van der Waals surface area contributed by atoms with Crippen molar-refractivity contribution in [3.05, 3.63) is 100 Å². The summed E-state index contributed by atoms with van der Waals surface area (Å²) in [5.74, 6) is 0.0944. The van der Waals surface area contributed by atoms with Gasteiger partial charge in [0.25, 0.3) is 5.56 Å². The highest BCUT2D eigenvalue weighted by atomic mass is 32.1. The van der Waals surface area contributed by atoms with Crippen molar-refractivity contribution in [2.24, 2.45) is 10.2 Å². The molecule has 0 aliphatic heterocycles. The van der Waals surface area contributed by atoms with Crippen LogP contribution in [0.4, 0.5) is 11.4 Å². The van der Waals surface area contributed by atoms with Crippen molar-refractivity contribution in [1.82, 2.24) is 9.13 Å². The minimum absolute atomic E-state index is 0.108.